The van der Waals surface area contributed by atoms with Gasteiger partial charge in [0.1, 0.15) is 11.5 Å². The zero-order valence-corrected chi connectivity index (χ0v) is 19.2. The van der Waals surface area contributed by atoms with Gasteiger partial charge in [-0.25, -0.2) is 4.79 Å². The number of aromatic hydroxyl groups is 1. The molecule has 0 unspecified atom stereocenters. The van der Waals surface area contributed by atoms with Crippen LogP contribution >= 0.6 is 11.6 Å². The molecule has 158 valence electrons. The summed E-state index contributed by atoms with van der Waals surface area (Å²) in [5.41, 5.74) is 3.01. The van der Waals surface area contributed by atoms with Crippen LogP contribution in [0.1, 0.15) is 71.1 Å². The van der Waals surface area contributed by atoms with Crippen molar-refractivity contribution in [2.45, 2.75) is 72.1 Å². The molecule has 2 rings (SSSR count). The lowest BCUT2D eigenvalue weighted by Crippen LogP contribution is -2.23. The number of carbonyl (C=O) groups is 1. The largest absolute Gasteiger partial charge is 0.506 e. The molecule has 0 bridgehead atoms. The monoisotopic (exact) mass is 417 g/mol. The fourth-order valence-corrected chi connectivity index (χ4v) is 3.13. The Morgan fingerprint density at radius 2 is 1.69 bits per heavy atom. The fraction of sp³-hybridized carbons (Fsp3) is 0.458. The Kier molecular flexibility index (Phi) is 6.89. The maximum absolute atomic E-state index is 12.5. The first kappa shape index (κ1) is 23.1. The number of carbonyl (C=O) groups excluding carboxylic acids is 1. The van der Waals surface area contributed by atoms with Gasteiger partial charge in [-0.1, -0.05) is 65.3 Å². The van der Waals surface area contributed by atoms with E-state index in [2.05, 4.69) is 52.9 Å². The first-order valence-electron chi connectivity index (χ1n) is 10.0. The highest BCUT2D eigenvalue weighted by atomic mass is 35.5. The van der Waals surface area contributed by atoms with Crippen LogP contribution in [0.4, 0.5) is 10.5 Å². The summed E-state index contributed by atoms with van der Waals surface area (Å²) in [7, 11) is 0. The summed E-state index contributed by atoms with van der Waals surface area (Å²) in [5.74, 6) is 0.459. The van der Waals surface area contributed by atoms with Gasteiger partial charge in [-0.3, -0.25) is 5.32 Å². The van der Waals surface area contributed by atoms with Gasteiger partial charge in [0.05, 0.1) is 5.69 Å². The standard InChI is InChI=1S/C24H32ClNO3/c1-8-23(4,5)16-10-11-21(17(13-16)24(6,7)9-2)29-22(28)26-19-14-18(25)15(3)12-20(19)27/h10-14,27H,8-9H2,1-7H3,(H,26,28). The second kappa shape index (κ2) is 8.66. The Bertz CT molecular complexity index is 903. The van der Waals surface area contributed by atoms with E-state index in [1.54, 1.807) is 6.92 Å². The smallest absolute Gasteiger partial charge is 0.417 e. The second-order valence-corrected chi connectivity index (χ2v) is 9.23. The quantitative estimate of drug-likeness (QED) is 0.483. The van der Waals surface area contributed by atoms with E-state index in [0.717, 1.165) is 24.0 Å². The lowest BCUT2D eigenvalue weighted by atomic mass is 9.76. The van der Waals surface area contributed by atoms with Gasteiger partial charge in [0.25, 0.3) is 0 Å². The Morgan fingerprint density at radius 1 is 1.07 bits per heavy atom. The number of benzene rings is 2. The molecule has 2 N–H and O–H groups in total. The van der Waals surface area contributed by atoms with Gasteiger partial charge in [-0.15, -0.1) is 0 Å². The van der Waals surface area contributed by atoms with Crippen molar-refractivity contribution in [2.75, 3.05) is 5.32 Å². The van der Waals surface area contributed by atoms with E-state index in [1.165, 1.54) is 17.7 Å². The third kappa shape index (κ3) is 5.24. The highest BCUT2D eigenvalue weighted by Crippen LogP contribution is 2.39. The minimum atomic E-state index is -0.670. The number of phenolic OH excluding ortho intramolecular Hbond substituents is 1. The third-order valence-corrected chi connectivity index (χ3v) is 6.38. The Balaban J connectivity index is 2.36. The number of aryl methyl sites for hydroxylation is 1. The number of ether oxygens (including phenoxy) is 1. The molecule has 0 aliphatic heterocycles. The van der Waals surface area contributed by atoms with E-state index in [0.29, 0.717) is 10.8 Å². The maximum Gasteiger partial charge on any atom is 0.417 e. The minimum absolute atomic E-state index is 0.0315. The van der Waals surface area contributed by atoms with Crippen LogP contribution in [0.5, 0.6) is 11.5 Å². The summed E-state index contributed by atoms with van der Waals surface area (Å²) in [6, 6.07) is 9.04. The molecule has 2 aromatic rings. The summed E-state index contributed by atoms with van der Waals surface area (Å²) >= 11 is 6.10. The van der Waals surface area contributed by atoms with Crippen LogP contribution in [0, 0.1) is 6.92 Å². The average molecular weight is 418 g/mol. The number of halogens is 1. The number of rotatable bonds is 6. The molecule has 0 radical (unpaired) electrons. The van der Waals surface area contributed by atoms with Crippen LogP contribution in [-0.2, 0) is 10.8 Å². The van der Waals surface area contributed by atoms with Crippen molar-refractivity contribution in [3.05, 3.63) is 52.0 Å². The van der Waals surface area contributed by atoms with Crippen LogP contribution in [0.25, 0.3) is 0 Å². The number of amides is 1. The molecule has 0 aromatic heterocycles. The molecular weight excluding hydrogens is 386 g/mol. The maximum atomic E-state index is 12.5. The molecule has 5 heteroatoms. The lowest BCUT2D eigenvalue weighted by molar-refractivity contribution is 0.214. The number of anilines is 1. The Labute approximate surface area is 179 Å². The third-order valence-electron chi connectivity index (χ3n) is 5.97. The van der Waals surface area contributed by atoms with Crippen molar-refractivity contribution in [1.29, 1.82) is 0 Å². The molecule has 0 atom stereocenters. The molecule has 0 aliphatic carbocycles. The first-order valence-corrected chi connectivity index (χ1v) is 10.4. The van der Waals surface area contributed by atoms with Crippen molar-refractivity contribution in [2.24, 2.45) is 0 Å². The number of phenols is 1. The predicted molar refractivity (Wildman–Crippen MR) is 121 cm³/mol. The summed E-state index contributed by atoms with van der Waals surface area (Å²) in [4.78, 5) is 12.5. The van der Waals surface area contributed by atoms with E-state index in [1.807, 2.05) is 12.1 Å². The Morgan fingerprint density at radius 3 is 2.28 bits per heavy atom. The van der Waals surface area contributed by atoms with E-state index >= 15 is 0 Å². The highest BCUT2D eigenvalue weighted by Gasteiger charge is 2.27. The van der Waals surface area contributed by atoms with Gasteiger partial charge < -0.3 is 9.84 Å². The summed E-state index contributed by atoms with van der Waals surface area (Å²) < 4.78 is 5.66. The summed E-state index contributed by atoms with van der Waals surface area (Å²) in [6.45, 7) is 14.8. The van der Waals surface area contributed by atoms with Gasteiger partial charge >= 0.3 is 6.09 Å². The molecule has 0 saturated carbocycles. The van der Waals surface area contributed by atoms with E-state index < -0.39 is 6.09 Å². The van der Waals surface area contributed by atoms with Crippen molar-refractivity contribution < 1.29 is 14.6 Å². The zero-order chi connectivity index (χ0) is 22.0. The molecule has 0 fully saturated rings. The number of hydrogen-bond acceptors (Lipinski definition) is 3. The molecule has 0 spiro atoms. The zero-order valence-electron chi connectivity index (χ0n) is 18.4. The van der Waals surface area contributed by atoms with Crippen LogP contribution < -0.4 is 10.1 Å². The van der Waals surface area contributed by atoms with E-state index in [-0.39, 0.29) is 22.3 Å². The normalized spacial score (nSPS) is 12.0. The van der Waals surface area contributed by atoms with Crippen LogP contribution in [0.3, 0.4) is 0 Å². The summed E-state index contributed by atoms with van der Waals surface area (Å²) in [5, 5.41) is 13.1. The fourth-order valence-electron chi connectivity index (χ4n) is 2.97. The number of nitrogens with one attached hydrogen (secondary N) is 1. The second-order valence-electron chi connectivity index (χ2n) is 8.82. The van der Waals surface area contributed by atoms with E-state index in [4.69, 9.17) is 16.3 Å². The predicted octanol–water partition coefficient (Wildman–Crippen LogP) is 7.34. The Hall–Kier alpha value is -2.20. The van der Waals surface area contributed by atoms with Crippen LogP contribution in [-0.4, -0.2) is 11.2 Å². The van der Waals surface area contributed by atoms with Crippen LogP contribution in [0.2, 0.25) is 5.02 Å². The molecular formula is C24H32ClNO3. The van der Waals surface area contributed by atoms with Crippen molar-refractivity contribution in [3.8, 4) is 11.5 Å². The lowest BCUT2D eigenvalue weighted by Gasteiger charge is -2.30. The van der Waals surface area contributed by atoms with Crippen molar-refractivity contribution >= 4 is 23.4 Å². The molecule has 0 aliphatic rings. The molecule has 0 heterocycles. The molecule has 4 nitrogen and oxygen atoms in total. The number of hydrogen-bond donors (Lipinski definition) is 2. The first-order chi connectivity index (χ1) is 13.4. The van der Waals surface area contributed by atoms with Gasteiger partial charge in [-0.05, 0) is 59.9 Å². The van der Waals surface area contributed by atoms with Crippen molar-refractivity contribution in [1.82, 2.24) is 0 Å². The van der Waals surface area contributed by atoms with Crippen LogP contribution in [0.15, 0.2) is 30.3 Å². The molecule has 0 saturated heterocycles. The van der Waals surface area contributed by atoms with Gasteiger partial charge in [0.15, 0.2) is 0 Å². The molecule has 29 heavy (non-hydrogen) atoms. The summed E-state index contributed by atoms with van der Waals surface area (Å²) in [6.07, 6.45) is 1.23. The van der Waals surface area contributed by atoms with Gasteiger partial charge in [-0.2, -0.15) is 0 Å². The average Bonchev–Trinajstić information content (AvgIpc) is 2.66. The highest BCUT2D eigenvalue weighted by molar-refractivity contribution is 6.31. The topological polar surface area (TPSA) is 58.6 Å². The van der Waals surface area contributed by atoms with Gasteiger partial charge in [0.2, 0.25) is 0 Å². The molecule has 2 aromatic carbocycles. The van der Waals surface area contributed by atoms with Gasteiger partial charge in [0, 0.05) is 10.6 Å². The SMILES string of the molecule is CCC(C)(C)c1ccc(OC(=O)Nc2cc(Cl)c(C)cc2O)c(C(C)(C)CC)c1. The van der Waals surface area contributed by atoms with E-state index in [9.17, 15) is 9.90 Å². The van der Waals surface area contributed by atoms with Crippen molar-refractivity contribution in [3.63, 3.8) is 0 Å². The minimum Gasteiger partial charge on any atom is -0.506 e. The molecule has 1 amide bonds.